The average molecular weight is 538 g/mol. The van der Waals surface area contributed by atoms with Crippen LogP contribution in [-0.4, -0.2) is 86.2 Å². The first-order chi connectivity index (χ1) is 19.6. The summed E-state index contributed by atoms with van der Waals surface area (Å²) >= 11 is 0. The highest BCUT2D eigenvalue weighted by Crippen LogP contribution is 2.48. The maximum Gasteiger partial charge on any atom is 0.409 e. The molecule has 1 fully saturated rings. The predicted molar refractivity (Wildman–Crippen MR) is 156 cm³/mol. The first-order valence-corrected chi connectivity index (χ1v) is 14.0. The van der Waals surface area contributed by atoms with Crippen LogP contribution in [0, 0.1) is 5.92 Å². The molecule has 1 amide bonds. The van der Waals surface area contributed by atoms with Crippen molar-refractivity contribution in [3.05, 3.63) is 54.7 Å². The Morgan fingerprint density at radius 2 is 1.48 bits per heavy atom. The largest absolute Gasteiger partial charge is 0.494 e. The van der Waals surface area contributed by atoms with E-state index in [-0.39, 0.29) is 24.5 Å². The number of β-amino-alcohol motifs (C(OH)–C–C–N with tert-alkyl or cyclic N) is 1. The number of piperazine rings is 1. The van der Waals surface area contributed by atoms with Crippen molar-refractivity contribution in [1.82, 2.24) is 23.9 Å². The van der Waals surface area contributed by atoms with E-state index in [1.54, 1.807) is 4.90 Å². The molecule has 5 heterocycles. The molecule has 9 nitrogen and oxygen atoms in total. The van der Waals surface area contributed by atoms with Crippen molar-refractivity contribution in [2.45, 2.75) is 13.1 Å². The van der Waals surface area contributed by atoms with Crippen LogP contribution in [-0.2, 0) is 17.8 Å². The van der Waals surface area contributed by atoms with Gasteiger partial charge in [0, 0.05) is 95.9 Å². The topological polar surface area (TPSA) is 98.9 Å². The van der Waals surface area contributed by atoms with E-state index in [1.807, 2.05) is 12.3 Å². The summed E-state index contributed by atoms with van der Waals surface area (Å²) in [5, 5.41) is 26.6. The third kappa shape index (κ3) is 3.31. The summed E-state index contributed by atoms with van der Waals surface area (Å²) in [5.41, 5.74) is 4.53. The van der Waals surface area contributed by atoms with Crippen LogP contribution >= 0.6 is 0 Å². The lowest BCUT2D eigenvalue weighted by atomic mass is 10.0. The van der Waals surface area contributed by atoms with Gasteiger partial charge in [0.1, 0.15) is 0 Å². The van der Waals surface area contributed by atoms with Crippen LogP contribution < -0.4 is 0 Å². The van der Waals surface area contributed by atoms with Crippen LogP contribution in [0.4, 0.5) is 4.79 Å². The van der Waals surface area contributed by atoms with E-state index >= 15 is 0 Å². The molecule has 1 atom stereocenters. The third-order valence-electron chi connectivity index (χ3n) is 8.92. The Labute approximate surface area is 229 Å². The molecule has 8 rings (SSSR count). The Balaban J connectivity index is 1.25. The van der Waals surface area contributed by atoms with Crippen LogP contribution in [0.15, 0.2) is 54.7 Å². The highest BCUT2D eigenvalue weighted by molar-refractivity contribution is 6.36. The predicted octanol–water partition coefficient (Wildman–Crippen LogP) is 4.47. The SMILES string of the molecule is O=C(OCC1Cn2c3ccccc3c3c4c[nH]c(O)c4c4c5ccccc5n(c4c32)C1)N1CCN(CCO)CC1. The minimum Gasteiger partial charge on any atom is -0.494 e. The number of ether oxygens (including phenoxy) is 1. The molecular formula is C31H31N5O4. The highest BCUT2D eigenvalue weighted by Gasteiger charge is 2.30. The molecule has 3 aromatic carbocycles. The lowest BCUT2D eigenvalue weighted by molar-refractivity contribution is 0.0590. The highest BCUT2D eigenvalue weighted by atomic mass is 16.6. The molecule has 6 aromatic rings. The van der Waals surface area contributed by atoms with Gasteiger partial charge < -0.3 is 34.0 Å². The molecule has 1 unspecified atom stereocenters. The number of carbonyl (C=O) groups is 1. The number of fused-ring (bicyclic) bond motifs is 9. The van der Waals surface area contributed by atoms with Crippen LogP contribution in [0.1, 0.15) is 0 Å². The molecule has 0 bridgehead atoms. The number of benzene rings is 3. The average Bonchev–Trinajstić information content (AvgIpc) is 3.58. The maximum absolute atomic E-state index is 13.1. The van der Waals surface area contributed by atoms with E-state index in [9.17, 15) is 15.0 Å². The lowest BCUT2D eigenvalue weighted by Gasteiger charge is -2.33. The zero-order valence-electron chi connectivity index (χ0n) is 22.1. The van der Waals surface area contributed by atoms with Gasteiger partial charge in [0.05, 0.1) is 29.6 Å². The van der Waals surface area contributed by atoms with Gasteiger partial charge in [-0.05, 0) is 12.1 Å². The number of nitrogens with one attached hydrogen (secondary N) is 1. The number of aromatic nitrogens is 3. The fraction of sp³-hybridized carbons (Fsp3) is 0.323. The number of nitrogens with zero attached hydrogens (tertiary/aromatic N) is 4. The van der Waals surface area contributed by atoms with E-state index in [2.05, 4.69) is 61.5 Å². The molecule has 2 aliphatic heterocycles. The van der Waals surface area contributed by atoms with Crippen LogP contribution in [0.25, 0.3) is 54.4 Å². The zero-order chi connectivity index (χ0) is 27.0. The monoisotopic (exact) mass is 537 g/mol. The van der Waals surface area contributed by atoms with Gasteiger partial charge in [-0.2, -0.15) is 0 Å². The minimum atomic E-state index is -0.269. The first-order valence-electron chi connectivity index (χ1n) is 14.0. The summed E-state index contributed by atoms with van der Waals surface area (Å²) in [7, 11) is 0. The standard InChI is InChI=1S/C31H31N5O4/c37-14-13-33-9-11-34(12-10-33)31(39)40-18-19-16-35-23-7-3-1-5-20(23)25-22-15-32-30(38)27(22)26-21-6-2-4-8-24(21)36(17-19)29(26)28(25)35/h1-8,15,19,32,37-38H,9-14,16-18H2. The Kier molecular flexibility index (Phi) is 5.27. The van der Waals surface area contributed by atoms with E-state index in [0.29, 0.717) is 39.3 Å². The molecule has 0 spiro atoms. The van der Waals surface area contributed by atoms with Crippen molar-refractivity contribution < 1.29 is 19.7 Å². The lowest BCUT2D eigenvalue weighted by Crippen LogP contribution is -2.49. The summed E-state index contributed by atoms with van der Waals surface area (Å²) in [6.07, 6.45) is 1.65. The summed E-state index contributed by atoms with van der Waals surface area (Å²) < 4.78 is 10.7. The number of para-hydroxylation sites is 2. The van der Waals surface area contributed by atoms with Gasteiger partial charge in [0.15, 0.2) is 5.88 Å². The molecular weight excluding hydrogens is 506 g/mol. The Hall–Kier alpha value is -4.21. The number of aliphatic hydroxyl groups is 1. The van der Waals surface area contributed by atoms with Crippen LogP contribution in [0.5, 0.6) is 5.88 Å². The van der Waals surface area contributed by atoms with Gasteiger partial charge >= 0.3 is 6.09 Å². The molecule has 204 valence electrons. The van der Waals surface area contributed by atoms with Crippen molar-refractivity contribution >= 4 is 60.5 Å². The van der Waals surface area contributed by atoms with Gasteiger partial charge in [0.2, 0.25) is 0 Å². The van der Waals surface area contributed by atoms with Gasteiger partial charge in [0.25, 0.3) is 0 Å². The maximum atomic E-state index is 13.1. The number of carbonyl (C=O) groups excluding carboxylic acids is 1. The normalized spacial score (nSPS) is 18.1. The number of aromatic hydroxyl groups is 1. The van der Waals surface area contributed by atoms with E-state index in [0.717, 1.165) is 67.5 Å². The fourth-order valence-corrected chi connectivity index (χ4v) is 7.12. The van der Waals surface area contributed by atoms with E-state index in [1.165, 1.54) is 0 Å². The van der Waals surface area contributed by atoms with Crippen LogP contribution in [0.3, 0.4) is 0 Å². The van der Waals surface area contributed by atoms with Gasteiger partial charge in [-0.1, -0.05) is 36.4 Å². The number of rotatable bonds is 4. The molecule has 0 saturated carbocycles. The summed E-state index contributed by atoms with van der Waals surface area (Å²) in [6.45, 7) is 5.20. The Bertz CT molecular complexity index is 1940. The Morgan fingerprint density at radius 1 is 0.850 bits per heavy atom. The smallest absolute Gasteiger partial charge is 0.409 e. The van der Waals surface area contributed by atoms with Crippen molar-refractivity contribution in [1.29, 1.82) is 0 Å². The molecule has 2 aliphatic rings. The number of aliphatic hydroxyl groups excluding tert-OH is 1. The molecule has 40 heavy (non-hydrogen) atoms. The van der Waals surface area contributed by atoms with Crippen molar-refractivity contribution in [3.63, 3.8) is 0 Å². The molecule has 0 aliphatic carbocycles. The number of aromatic amines is 1. The van der Waals surface area contributed by atoms with Crippen molar-refractivity contribution in [3.8, 4) is 5.88 Å². The minimum absolute atomic E-state index is 0.0551. The summed E-state index contributed by atoms with van der Waals surface area (Å²) in [6, 6.07) is 16.8. The number of hydrogen-bond acceptors (Lipinski definition) is 5. The molecule has 3 aromatic heterocycles. The van der Waals surface area contributed by atoms with Gasteiger partial charge in [-0.15, -0.1) is 0 Å². The van der Waals surface area contributed by atoms with E-state index in [4.69, 9.17) is 4.74 Å². The number of hydrogen-bond donors (Lipinski definition) is 3. The summed E-state index contributed by atoms with van der Waals surface area (Å²) in [4.78, 5) is 20.1. The molecule has 0 radical (unpaired) electrons. The second kappa shape index (κ2) is 8.90. The number of amides is 1. The molecule has 3 N–H and O–H groups in total. The van der Waals surface area contributed by atoms with Crippen LogP contribution in [0.2, 0.25) is 0 Å². The summed E-state index contributed by atoms with van der Waals surface area (Å²) in [5.74, 6) is 0.241. The Morgan fingerprint density at radius 3 is 2.15 bits per heavy atom. The van der Waals surface area contributed by atoms with Crippen molar-refractivity contribution in [2.75, 3.05) is 45.9 Å². The molecule has 9 heteroatoms. The van der Waals surface area contributed by atoms with Gasteiger partial charge in [-0.25, -0.2) is 4.79 Å². The van der Waals surface area contributed by atoms with E-state index < -0.39 is 0 Å². The molecule has 1 saturated heterocycles. The fourth-order valence-electron chi connectivity index (χ4n) is 7.12. The third-order valence-corrected chi connectivity index (χ3v) is 8.92. The zero-order valence-corrected chi connectivity index (χ0v) is 22.1. The first kappa shape index (κ1) is 23.7. The second-order valence-electron chi connectivity index (χ2n) is 11.1. The second-order valence-corrected chi connectivity index (χ2v) is 11.1. The number of H-pyrrole nitrogens is 1. The quantitative estimate of drug-likeness (QED) is 0.308. The van der Waals surface area contributed by atoms with Crippen molar-refractivity contribution in [2.24, 2.45) is 5.92 Å². The van der Waals surface area contributed by atoms with Gasteiger partial charge in [-0.3, -0.25) is 4.90 Å².